The Balaban J connectivity index is 3.38. The number of carbonyl (C=O) groups is 1. The highest BCUT2D eigenvalue weighted by Gasteiger charge is 2.12. The third-order valence-corrected chi connectivity index (χ3v) is 1.96. The van der Waals surface area contributed by atoms with Crippen LogP contribution in [0.25, 0.3) is 0 Å². The van der Waals surface area contributed by atoms with E-state index in [1.807, 2.05) is 0 Å². The maximum absolute atomic E-state index is 11.1. The second kappa shape index (κ2) is 8.05. The van der Waals surface area contributed by atoms with Gasteiger partial charge in [0, 0.05) is 0 Å². The zero-order valence-corrected chi connectivity index (χ0v) is 8.71. The SMILES string of the molecule is CCCCCC[C@H](N)C(=O)OCC. The van der Waals surface area contributed by atoms with Crippen LogP contribution in [0.2, 0.25) is 0 Å². The molecule has 3 heteroatoms. The standard InChI is InChI=1S/C10H21NO2/c1-3-5-6-7-8-9(11)10(12)13-4-2/h9H,3-8,11H2,1-2H3/t9-/m0/s1. The number of carbonyl (C=O) groups excluding carboxylic acids is 1. The fourth-order valence-electron chi connectivity index (χ4n) is 1.16. The quantitative estimate of drug-likeness (QED) is 0.489. The molecule has 0 aromatic rings. The molecule has 1 atom stereocenters. The van der Waals surface area contributed by atoms with E-state index in [0.717, 1.165) is 19.3 Å². The molecule has 0 aliphatic heterocycles. The fourth-order valence-corrected chi connectivity index (χ4v) is 1.16. The molecule has 2 N–H and O–H groups in total. The summed E-state index contributed by atoms with van der Waals surface area (Å²) in [5.41, 5.74) is 5.61. The Morgan fingerprint density at radius 2 is 2.00 bits per heavy atom. The Bertz CT molecular complexity index is 137. The summed E-state index contributed by atoms with van der Waals surface area (Å²) in [5, 5.41) is 0. The number of ether oxygens (including phenoxy) is 1. The molecule has 0 bridgehead atoms. The molecule has 0 aliphatic carbocycles. The molecule has 3 nitrogen and oxygen atoms in total. The summed E-state index contributed by atoms with van der Waals surface area (Å²) in [6.45, 7) is 4.37. The van der Waals surface area contributed by atoms with Crippen LogP contribution in [-0.2, 0) is 9.53 Å². The number of hydrogen-bond donors (Lipinski definition) is 1. The van der Waals surface area contributed by atoms with Crippen LogP contribution in [0.5, 0.6) is 0 Å². The van der Waals surface area contributed by atoms with Gasteiger partial charge in [-0.05, 0) is 13.3 Å². The second-order valence-corrected chi connectivity index (χ2v) is 3.21. The van der Waals surface area contributed by atoms with E-state index in [-0.39, 0.29) is 5.97 Å². The summed E-state index contributed by atoms with van der Waals surface area (Å²) < 4.78 is 4.80. The highest BCUT2D eigenvalue weighted by Crippen LogP contribution is 2.05. The van der Waals surface area contributed by atoms with Crippen molar-refractivity contribution < 1.29 is 9.53 Å². The Hall–Kier alpha value is -0.570. The fraction of sp³-hybridized carbons (Fsp3) is 0.900. The normalized spacial score (nSPS) is 12.5. The van der Waals surface area contributed by atoms with Crippen LogP contribution < -0.4 is 5.73 Å². The van der Waals surface area contributed by atoms with Crippen molar-refractivity contribution in [1.82, 2.24) is 0 Å². The molecule has 0 radical (unpaired) electrons. The largest absolute Gasteiger partial charge is 0.465 e. The monoisotopic (exact) mass is 187 g/mol. The smallest absolute Gasteiger partial charge is 0.322 e. The number of hydrogen-bond acceptors (Lipinski definition) is 3. The molecule has 0 spiro atoms. The Labute approximate surface area is 80.6 Å². The number of esters is 1. The summed E-state index contributed by atoms with van der Waals surface area (Å²) >= 11 is 0. The molecule has 0 saturated heterocycles. The number of rotatable bonds is 7. The van der Waals surface area contributed by atoms with Crippen LogP contribution in [0.1, 0.15) is 46.0 Å². The Kier molecular flexibility index (Phi) is 7.69. The van der Waals surface area contributed by atoms with Gasteiger partial charge in [-0.1, -0.05) is 32.6 Å². The van der Waals surface area contributed by atoms with Gasteiger partial charge in [0.05, 0.1) is 6.61 Å². The molecule has 0 aliphatic rings. The zero-order valence-electron chi connectivity index (χ0n) is 8.71. The van der Waals surface area contributed by atoms with Gasteiger partial charge >= 0.3 is 5.97 Å². The molecule has 0 aromatic heterocycles. The zero-order chi connectivity index (χ0) is 10.1. The van der Waals surface area contributed by atoms with Crippen molar-refractivity contribution in [2.45, 2.75) is 52.0 Å². The molecule has 78 valence electrons. The third kappa shape index (κ3) is 6.58. The molecule has 0 amide bonds. The summed E-state index contributed by atoms with van der Waals surface area (Å²) in [4.78, 5) is 11.1. The molecule has 0 saturated carbocycles. The van der Waals surface area contributed by atoms with Gasteiger partial charge in [0.2, 0.25) is 0 Å². The molecule has 13 heavy (non-hydrogen) atoms. The lowest BCUT2D eigenvalue weighted by molar-refractivity contribution is -0.144. The van der Waals surface area contributed by atoms with Gasteiger partial charge in [0.15, 0.2) is 0 Å². The van der Waals surface area contributed by atoms with Crippen molar-refractivity contribution in [3.8, 4) is 0 Å². The van der Waals surface area contributed by atoms with Gasteiger partial charge < -0.3 is 10.5 Å². The van der Waals surface area contributed by atoms with Crippen molar-refractivity contribution in [3.63, 3.8) is 0 Å². The lowest BCUT2D eigenvalue weighted by Gasteiger charge is -2.09. The summed E-state index contributed by atoms with van der Waals surface area (Å²) in [6.07, 6.45) is 5.35. The predicted molar refractivity (Wildman–Crippen MR) is 53.4 cm³/mol. The molecular weight excluding hydrogens is 166 g/mol. The average Bonchev–Trinajstić information content (AvgIpc) is 2.12. The predicted octanol–water partition coefficient (Wildman–Crippen LogP) is 1.85. The van der Waals surface area contributed by atoms with Crippen LogP contribution >= 0.6 is 0 Å². The Morgan fingerprint density at radius 1 is 1.31 bits per heavy atom. The van der Waals surface area contributed by atoms with Crippen LogP contribution in [-0.4, -0.2) is 18.6 Å². The average molecular weight is 187 g/mol. The number of unbranched alkanes of at least 4 members (excludes halogenated alkanes) is 3. The van der Waals surface area contributed by atoms with Crippen molar-refractivity contribution in [2.24, 2.45) is 5.73 Å². The first kappa shape index (κ1) is 12.4. The van der Waals surface area contributed by atoms with Crippen LogP contribution in [0.3, 0.4) is 0 Å². The van der Waals surface area contributed by atoms with E-state index >= 15 is 0 Å². The minimum Gasteiger partial charge on any atom is -0.465 e. The van der Waals surface area contributed by atoms with Gasteiger partial charge in [-0.15, -0.1) is 0 Å². The first-order valence-electron chi connectivity index (χ1n) is 5.14. The van der Waals surface area contributed by atoms with Gasteiger partial charge in [0.1, 0.15) is 6.04 Å². The maximum atomic E-state index is 11.1. The first-order chi connectivity index (χ1) is 6.22. The van der Waals surface area contributed by atoms with Crippen LogP contribution in [0, 0.1) is 0 Å². The summed E-state index contributed by atoms with van der Waals surface area (Å²) in [6, 6.07) is -0.420. The lowest BCUT2D eigenvalue weighted by Crippen LogP contribution is -2.32. The summed E-state index contributed by atoms with van der Waals surface area (Å²) in [7, 11) is 0. The van der Waals surface area contributed by atoms with Crippen molar-refractivity contribution in [1.29, 1.82) is 0 Å². The van der Waals surface area contributed by atoms with Gasteiger partial charge in [-0.25, -0.2) is 0 Å². The van der Waals surface area contributed by atoms with E-state index in [1.165, 1.54) is 12.8 Å². The van der Waals surface area contributed by atoms with Gasteiger partial charge in [0.25, 0.3) is 0 Å². The van der Waals surface area contributed by atoms with Crippen LogP contribution in [0.4, 0.5) is 0 Å². The topological polar surface area (TPSA) is 52.3 Å². The van der Waals surface area contributed by atoms with E-state index in [1.54, 1.807) is 6.92 Å². The highest BCUT2D eigenvalue weighted by molar-refractivity contribution is 5.75. The van der Waals surface area contributed by atoms with Gasteiger partial charge in [-0.3, -0.25) is 4.79 Å². The Morgan fingerprint density at radius 3 is 2.54 bits per heavy atom. The van der Waals surface area contributed by atoms with Crippen molar-refractivity contribution in [2.75, 3.05) is 6.61 Å². The number of nitrogens with two attached hydrogens (primary N) is 1. The van der Waals surface area contributed by atoms with Crippen molar-refractivity contribution in [3.05, 3.63) is 0 Å². The van der Waals surface area contributed by atoms with Crippen LogP contribution in [0.15, 0.2) is 0 Å². The molecule has 0 rings (SSSR count). The maximum Gasteiger partial charge on any atom is 0.322 e. The second-order valence-electron chi connectivity index (χ2n) is 3.21. The van der Waals surface area contributed by atoms with Crippen molar-refractivity contribution >= 4 is 5.97 Å². The minimum absolute atomic E-state index is 0.265. The lowest BCUT2D eigenvalue weighted by atomic mass is 10.1. The van der Waals surface area contributed by atoms with E-state index in [2.05, 4.69) is 6.92 Å². The third-order valence-electron chi connectivity index (χ3n) is 1.96. The molecule has 0 heterocycles. The molecule has 0 aromatic carbocycles. The van der Waals surface area contributed by atoms with Gasteiger partial charge in [-0.2, -0.15) is 0 Å². The molecular formula is C10H21NO2. The first-order valence-corrected chi connectivity index (χ1v) is 5.14. The minimum atomic E-state index is -0.420. The molecule has 0 unspecified atom stereocenters. The highest BCUT2D eigenvalue weighted by atomic mass is 16.5. The molecule has 0 fully saturated rings. The van der Waals surface area contributed by atoms with E-state index in [9.17, 15) is 4.79 Å². The van der Waals surface area contributed by atoms with E-state index in [4.69, 9.17) is 10.5 Å². The van der Waals surface area contributed by atoms with E-state index < -0.39 is 6.04 Å². The summed E-state index contributed by atoms with van der Waals surface area (Å²) in [5.74, 6) is -0.265. The van der Waals surface area contributed by atoms with E-state index in [0.29, 0.717) is 6.61 Å².